The molecule has 5 heteroatoms. The van der Waals surface area contributed by atoms with Gasteiger partial charge in [-0.05, 0) is 44.1 Å². The summed E-state index contributed by atoms with van der Waals surface area (Å²) in [5.74, 6) is 0.812. The maximum absolute atomic E-state index is 11.6. The predicted molar refractivity (Wildman–Crippen MR) is 110 cm³/mol. The number of rotatable bonds is 4. The lowest BCUT2D eigenvalue weighted by molar-refractivity contribution is -0.100. The van der Waals surface area contributed by atoms with Gasteiger partial charge in [-0.2, -0.15) is 0 Å². The van der Waals surface area contributed by atoms with Crippen molar-refractivity contribution in [2.75, 3.05) is 18.0 Å². The van der Waals surface area contributed by atoms with E-state index in [1.165, 1.54) is 37.7 Å². The molecule has 2 aromatic rings. The Balaban J connectivity index is 1.34. The minimum Gasteiger partial charge on any atom is -0.385 e. The number of anilines is 1. The second kappa shape index (κ2) is 7.45. The normalized spacial score (nSPS) is 30.5. The highest BCUT2D eigenvalue weighted by molar-refractivity contribution is 5.32. The fourth-order valence-electron chi connectivity index (χ4n) is 5.45. The van der Waals surface area contributed by atoms with Gasteiger partial charge in [-0.1, -0.05) is 36.8 Å². The van der Waals surface area contributed by atoms with Gasteiger partial charge in [0.15, 0.2) is 0 Å². The summed E-state index contributed by atoms with van der Waals surface area (Å²) in [5.41, 5.74) is 1.46. The molecule has 1 aromatic carbocycles. The van der Waals surface area contributed by atoms with Gasteiger partial charge in [0.05, 0.1) is 5.60 Å². The number of fused-ring (bicyclic) bond motifs is 2. The van der Waals surface area contributed by atoms with Crippen molar-refractivity contribution in [2.24, 2.45) is 0 Å². The van der Waals surface area contributed by atoms with Crippen LogP contribution in [0.5, 0.6) is 0 Å². The molecule has 148 valence electrons. The van der Waals surface area contributed by atoms with Gasteiger partial charge in [-0.3, -0.25) is 4.90 Å². The molecule has 3 fully saturated rings. The molecule has 2 bridgehead atoms. The lowest BCUT2D eigenvalue weighted by Crippen LogP contribution is -2.56. The van der Waals surface area contributed by atoms with Gasteiger partial charge < -0.3 is 10.0 Å². The van der Waals surface area contributed by atoms with Crippen molar-refractivity contribution in [2.45, 2.75) is 69.2 Å². The Morgan fingerprint density at radius 1 is 0.929 bits per heavy atom. The minimum atomic E-state index is -0.799. The van der Waals surface area contributed by atoms with Gasteiger partial charge in [0.1, 0.15) is 0 Å². The summed E-state index contributed by atoms with van der Waals surface area (Å²) in [5, 5.41) is 11.6. The fourth-order valence-corrected chi connectivity index (χ4v) is 5.45. The van der Waals surface area contributed by atoms with Crippen LogP contribution in [0, 0.1) is 0 Å². The molecule has 3 saturated heterocycles. The van der Waals surface area contributed by atoms with Crippen LogP contribution in [0.4, 0.5) is 5.95 Å². The van der Waals surface area contributed by atoms with Gasteiger partial charge in [-0.25, -0.2) is 9.97 Å². The largest absolute Gasteiger partial charge is 0.385 e. The maximum atomic E-state index is 11.6. The van der Waals surface area contributed by atoms with Crippen LogP contribution < -0.4 is 4.90 Å². The Bertz CT molecular complexity index is 774. The van der Waals surface area contributed by atoms with Crippen molar-refractivity contribution in [3.05, 3.63) is 53.9 Å². The molecule has 0 saturated carbocycles. The smallest absolute Gasteiger partial charge is 0.225 e. The molecule has 3 aliphatic heterocycles. The summed E-state index contributed by atoms with van der Waals surface area (Å²) in [4.78, 5) is 14.1. The van der Waals surface area contributed by atoms with E-state index in [1.807, 2.05) is 12.4 Å². The quantitative estimate of drug-likeness (QED) is 0.883. The average molecular weight is 379 g/mol. The van der Waals surface area contributed by atoms with E-state index in [-0.39, 0.29) is 0 Å². The fraction of sp³-hybridized carbons (Fsp3) is 0.565. The monoisotopic (exact) mass is 378 g/mol. The van der Waals surface area contributed by atoms with Crippen molar-refractivity contribution in [3.63, 3.8) is 0 Å². The SMILES string of the molecule is OC1(c2cnc(N3CCCC3)nc2)CC2CCCC(C1)N2Cc1ccccc1. The lowest BCUT2D eigenvalue weighted by Gasteiger charge is -2.52. The van der Waals surface area contributed by atoms with E-state index in [4.69, 9.17) is 0 Å². The highest BCUT2D eigenvalue weighted by atomic mass is 16.3. The van der Waals surface area contributed by atoms with Crippen LogP contribution in [-0.2, 0) is 12.1 Å². The zero-order chi connectivity index (χ0) is 19.0. The van der Waals surface area contributed by atoms with Gasteiger partial charge in [0.2, 0.25) is 5.95 Å². The summed E-state index contributed by atoms with van der Waals surface area (Å²) >= 11 is 0. The first-order chi connectivity index (χ1) is 13.7. The van der Waals surface area contributed by atoms with Crippen molar-refractivity contribution >= 4 is 5.95 Å². The Labute approximate surface area is 167 Å². The van der Waals surface area contributed by atoms with E-state index < -0.39 is 5.60 Å². The van der Waals surface area contributed by atoms with Gasteiger partial charge in [0.25, 0.3) is 0 Å². The van der Waals surface area contributed by atoms with E-state index in [0.717, 1.165) is 44.0 Å². The first-order valence-corrected chi connectivity index (χ1v) is 10.8. The van der Waals surface area contributed by atoms with Crippen LogP contribution in [-0.4, -0.2) is 45.1 Å². The third-order valence-electron chi connectivity index (χ3n) is 6.93. The van der Waals surface area contributed by atoms with Crippen LogP contribution in [0.2, 0.25) is 0 Å². The average Bonchev–Trinajstić information content (AvgIpc) is 3.25. The van der Waals surface area contributed by atoms with Crippen molar-refractivity contribution in [1.82, 2.24) is 14.9 Å². The van der Waals surface area contributed by atoms with E-state index in [0.29, 0.717) is 12.1 Å². The minimum absolute atomic E-state index is 0.427. The van der Waals surface area contributed by atoms with E-state index in [9.17, 15) is 5.11 Å². The Kier molecular flexibility index (Phi) is 4.81. The summed E-state index contributed by atoms with van der Waals surface area (Å²) in [7, 11) is 0. The molecule has 0 aliphatic carbocycles. The number of aliphatic hydroxyl groups is 1. The second-order valence-electron chi connectivity index (χ2n) is 8.80. The molecule has 2 atom stereocenters. The summed E-state index contributed by atoms with van der Waals surface area (Å²) in [6.45, 7) is 3.07. The number of nitrogens with zero attached hydrogens (tertiary/aromatic N) is 4. The third kappa shape index (κ3) is 3.42. The van der Waals surface area contributed by atoms with E-state index in [1.54, 1.807) is 0 Å². The molecule has 4 heterocycles. The molecule has 3 aliphatic rings. The molecule has 2 unspecified atom stereocenters. The van der Waals surface area contributed by atoms with Crippen LogP contribution >= 0.6 is 0 Å². The molecule has 0 amide bonds. The van der Waals surface area contributed by atoms with Crippen molar-refractivity contribution in [1.29, 1.82) is 0 Å². The maximum Gasteiger partial charge on any atom is 0.225 e. The van der Waals surface area contributed by atoms with E-state index in [2.05, 4.69) is 50.1 Å². The number of aromatic nitrogens is 2. The molecule has 5 rings (SSSR count). The van der Waals surface area contributed by atoms with Crippen molar-refractivity contribution < 1.29 is 5.11 Å². The third-order valence-corrected chi connectivity index (χ3v) is 6.93. The number of piperidine rings is 2. The Morgan fingerprint density at radius 2 is 1.57 bits per heavy atom. The molecular formula is C23H30N4O. The molecule has 1 aromatic heterocycles. The van der Waals surface area contributed by atoms with Crippen LogP contribution in [0.3, 0.4) is 0 Å². The summed E-state index contributed by atoms with van der Waals surface area (Å²) in [6, 6.07) is 11.6. The molecule has 28 heavy (non-hydrogen) atoms. The predicted octanol–water partition coefficient (Wildman–Crippen LogP) is 3.48. The van der Waals surface area contributed by atoms with Gasteiger partial charge in [-0.15, -0.1) is 0 Å². The first-order valence-electron chi connectivity index (χ1n) is 10.8. The lowest BCUT2D eigenvalue weighted by atomic mass is 9.73. The first kappa shape index (κ1) is 18.1. The Morgan fingerprint density at radius 3 is 2.21 bits per heavy atom. The highest BCUT2D eigenvalue weighted by Gasteiger charge is 2.46. The second-order valence-corrected chi connectivity index (χ2v) is 8.80. The highest BCUT2D eigenvalue weighted by Crippen LogP contribution is 2.44. The molecule has 0 radical (unpaired) electrons. The van der Waals surface area contributed by atoms with Crippen LogP contribution in [0.25, 0.3) is 0 Å². The number of hydrogen-bond acceptors (Lipinski definition) is 5. The zero-order valence-corrected chi connectivity index (χ0v) is 16.5. The summed E-state index contributed by atoms with van der Waals surface area (Å²) < 4.78 is 0. The van der Waals surface area contributed by atoms with Crippen LogP contribution in [0.15, 0.2) is 42.7 Å². The van der Waals surface area contributed by atoms with E-state index >= 15 is 0 Å². The van der Waals surface area contributed by atoms with Crippen molar-refractivity contribution in [3.8, 4) is 0 Å². The molecule has 5 nitrogen and oxygen atoms in total. The summed E-state index contributed by atoms with van der Waals surface area (Å²) in [6.07, 6.45) is 11.3. The molecule has 1 N–H and O–H groups in total. The standard InChI is InChI=1S/C23H30N4O/c28-23(19-15-24-22(25-16-19)26-11-4-5-12-26)13-20-9-6-10-21(14-23)27(20)17-18-7-2-1-3-8-18/h1-3,7-8,15-16,20-21,28H,4-6,9-14,17H2. The Hall–Kier alpha value is -1.98. The number of benzene rings is 1. The van der Waals surface area contributed by atoms with Crippen LogP contribution in [0.1, 0.15) is 56.1 Å². The van der Waals surface area contributed by atoms with Gasteiger partial charge in [0, 0.05) is 49.7 Å². The zero-order valence-electron chi connectivity index (χ0n) is 16.5. The topological polar surface area (TPSA) is 52.5 Å². The number of hydrogen-bond donors (Lipinski definition) is 1. The molecule has 0 spiro atoms. The molecular weight excluding hydrogens is 348 g/mol. The van der Waals surface area contributed by atoms with Gasteiger partial charge >= 0.3 is 0 Å².